The van der Waals surface area contributed by atoms with Gasteiger partial charge in [-0.1, -0.05) is 23.5 Å². The number of likely N-dealkylation sites (tertiary alicyclic amines) is 1. The van der Waals surface area contributed by atoms with Gasteiger partial charge in [-0.25, -0.2) is 19.6 Å². The molecule has 0 unspecified atom stereocenters. The van der Waals surface area contributed by atoms with Gasteiger partial charge in [-0.3, -0.25) is 4.90 Å². The predicted octanol–water partition coefficient (Wildman–Crippen LogP) is 7.41. The van der Waals surface area contributed by atoms with Gasteiger partial charge in [0.1, 0.15) is 11.2 Å². The maximum Gasteiger partial charge on any atom is 0.416 e. The lowest BCUT2D eigenvalue weighted by Gasteiger charge is -2.36. The molecule has 3 aromatic rings. The van der Waals surface area contributed by atoms with E-state index >= 15 is 0 Å². The van der Waals surface area contributed by atoms with Crippen LogP contribution in [0.15, 0.2) is 36.7 Å². The summed E-state index contributed by atoms with van der Waals surface area (Å²) < 4.78 is 64.8. The molecule has 0 saturated carbocycles. The minimum absolute atomic E-state index is 0.0556. The minimum atomic E-state index is -4.26. The van der Waals surface area contributed by atoms with Gasteiger partial charge in [0.2, 0.25) is 5.95 Å². The molecule has 0 radical (unpaired) electrons. The summed E-state index contributed by atoms with van der Waals surface area (Å²) in [7, 11) is 0. The van der Waals surface area contributed by atoms with Crippen molar-refractivity contribution < 1.29 is 36.6 Å². The van der Waals surface area contributed by atoms with Crippen LogP contribution in [0.3, 0.4) is 0 Å². The fourth-order valence-corrected chi connectivity index (χ4v) is 5.85. The Labute approximate surface area is 263 Å². The largest absolute Gasteiger partial charge is 0.444 e. The zero-order valence-corrected chi connectivity index (χ0v) is 27.0. The first-order valence-corrected chi connectivity index (χ1v) is 15.5. The third-order valence-electron chi connectivity index (χ3n) is 6.96. The molecular weight excluding hydrogens is 614 g/mol. The van der Waals surface area contributed by atoms with Crippen molar-refractivity contribution in [3.63, 3.8) is 0 Å². The van der Waals surface area contributed by atoms with Crippen LogP contribution in [0.2, 0.25) is 0 Å². The van der Waals surface area contributed by atoms with Crippen LogP contribution in [0.1, 0.15) is 54.4 Å². The van der Waals surface area contributed by atoms with E-state index in [2.05, 4.69) is 15.3 Å². The third kappa shape index (κ3) is 9.98. The zero-order chi connectivity index (χ0) is 33.2. The standard InChI is InChI=1S/C31H39F4N5O4S/c1-29(2,3)43-27(41)38-23(17-39-11-9-22(10-12-39)31(33,34)35)18-40(28(42)44-30(4,5)6)26-37-16-24(45-26)19-7-8-20-15-36-25(32)14-21(20)13-19/h7-8,13-16,22-23H,9-12,17-18H2,1-6H3,(H,38,41)/t23-/m0/s1. The minimum Gasteiger partial charge on any atom is -0.444 e. The number of carbonyl (C=O) groups excluding carboxylic acids is 2. The smallest absolute Gasteiger partial charge is 0.416 e. The normalized spacial score (nSPS) is 16.0. The van der Waals surface area contributed by atoms with Crippen molar-refractivity contribution >= 4 is 39.4 Å². The van der Waals surface area contributed by atoms with E-state index in [4.69, 9.17) is 9.47 Å². The molecule has 1 N–H and O–H groups in total. The second-order valence-corrected chi connectivity index (χ2v) is 14.1. The Morgan fingerprint density at radius 3 is 2.29 bits per heavy atom. The summed E-state index contributed by atoms with van der Waals surface area (Å²) >= 11 is 1.20. The van der Waals surface area contributed by atoms with E-state index in [1.165, 1.54) is 28.5 Å². The number of nitrogens with zero attached hydrogens (tertiary/aromatic N) is 4. The van der Waals surface area contributed by atoms with Gasteiger partial charge in [0.05, 0.1) is 23.4 Å². The van der Waals surface area contributed by atoms with E-state index in [1.54, 1.807) is 53.8 Å². The fraction of sp³-hybridized carbons (Fsp3) is 0.548. The van der Waals surface area contributed by atoms with Crippen LogP contribution >= 0.6 is 11.3 Å². The second-order valence-electron chi connectivity index (χ2n) is 13.1. The van der Waals surface area contributed by atoms with Crippen LogP contribution in [0.5, 0.6) is 0 Å². The number of hydrogen-bond donors (Lipinski definition) is 1. The number of thiazole rings is 1. The third-order valence-corrected chi connectivity index (χ3v) is 8.03. The number of fused-ring (bicyclic) bond motifs is 1. The van der Waals surface area contributed by atoms with Gasteiger partial charge in [-0.05, 0) is 84.5 Å². The summed E-state index contributed by atoms with van der Waals surface area (Å²) in [5.74, 6) is -1.98. The van der Waals surface area contributed by atoms with E-state index < -0.39 is 47.5 Å². The SMILES string of the molecule is CC(C)(C)OC(=O)N[C@@H](CN1CCC(C(F)(F)F)CC1)CN(C(=O)OC(C)(C)C)c1ncc(-c2ccc3cnc(F)cc3c2)s1. The molecule has 2 aromatic heterocycles. The highest BCUT2D eigenvalue weighted by atomic mass is 32.1. The molecular formula is C31H39F4N5O4S. The van der Waals surface area contributed by atoms with E-state index in [-0.39, 0.29) is 44.2 Å². The predicted molar refractivity (Wildman–Crippen MR) is 165 cm³/mol. The van der Waals surface area contributed by atoms with Crippen molar-refractivity contribution in [1.82, 2.24) is 20.2 Å². The van der Waals surface area contributed by atoms with Crippen molar-refractivity contribution in [2.24, 2.45) is 5.92 Å². The average Bonchev–Trinajstić information content (AvgIpc) is 3.39. The van der Waals surface area contributed by atoms with E-state index in [1.807, 2.05) is 17.0 Å². The molecule has 0 bridgehead atoms. The summed E-state index contributed by atoms with van der Waals surface area (Å²) in [4.78, 5) is 38.4. The number of carbonyl (C=O) groups is 2. The Morgan fingerprint density at radius 1 is 1.00 bits per heavy atom. The fourth-order valence-electron chi connectivity index (χ4n) is 4.94. The highest BCUT2D eigenvalue weighted by Crippen LogP contribution is 2.35. The van der Waals surface area contributed by atoms with Crippen LogP contribution in [0.25, 0.3) is 21.2 Å². The van der Waals surface area contributed by atoms with Crippen LogP contribution in [-0.2, 0) is 9.47 Å². The maximum absolute atomic E-state index is 13.8. The topological polar surface area (TPSA) is 96.9 Å². The molecule has 45 heavy (non-hydrogen) atoms. The molecule has 1 aliphatic heterocycles. The number of amides is 2. The first kappa shape index (κ1) is 34.4. The molecule has 1 aromatic carbocycles. The van der Waals surface area contributed by atoms with Gasteiger partial charge in [-0.15, -0.1) is 0 Å². The molecule has 2 amide bonds. The number of anilines is 1. The Hall–Kier alpha value is -3.52. The first-order chi connectivity index (χ1) is 20.9. The Kier molecular flexibility index (Phi) is 10.3. The van der Waals surface area contributed by atoms with Crippen LogP contribution in [0.4, 0.5) is 32.3 Å². The van der Waals surface area contributed by atoms with Gasteiger partial charge < -0.3 is 19.7 Å². The molecule has 14 heteroatoms. The maximum atomic E-state index is 13.8. The molecule has 1 fully saturated rings. The number of benzene rings is 1. The number of aromatic nitrogens is 2. The van der Waals surface area contributed by atoms with Gasteiger partial charge in [0.15, 0.2) is 5.13 Å². The summed E-state index contributed by atoms with van der Waals surface area (Å²) in [6, 6.07) is 6.04. The molecule has 246 valence electrons. The Bertz CT molecular complexity index is 1490. The number of nitrogens with one attached hydrogen (secondary N) is 1. The number of halogens is 4. The van der Waals surface area contributed by atoms with Crippen LogP contribution in [0, 0.1) is 11.9 Å². The number of hydrogen-bond acceptors (Lipinski definition) is 8. The lowest BCUT2D eigenvalue weighted by Crippen LogP contribution is -2.54. The van der Waals surface area contributed by atoms with Crippen molar-refractivity contribution in [3.8, 4) is 10.4 Å². The van der Waals surface area contributed by atoms with Crippen molar-refractivity contribution in [2.75, 3.05) is 31.1 Å². The summed E-state index contributed by atoms with van der Waals surface area (Å²) in [6.45, 7) is 10.8. The van der Waals surface area contributed by atoms with Gasteiger partial charge in [0, 0.05) is 30.4 Å². The van der Waals surface area contributed by atoms with Gasteiger partial charge in [0.25, 0.3) is 0 Å². The van der Waals surface area contributed by atoms with E-state index in [9.17, 15) is 27.2 Å². The monoisotopic (exact) mass is 653 g/mol. The first-order valence-electron chi connectivity index (χ1n) is 14.7. The number of alkyl halides is 3. The number of alkyl carbamates (subject to hydrolysis) is 1. The molecule has 9 nitrogen and oxygen atoms in total. The second kappa shape index (κ2) is 13.5. The quantitative estimate of drug-likeness (QED) is 0.210. The van der Waals surface area contributed by atoms with Crippen LogP contribution < -0.4 is 10.2 Å². The molecule has 0 aliphatic carbocycles. The zero-order valence-electron chi connectivity index (χ0n) is 26.2. The highest BCUT2D eigenvalue weighted by Gasteiger charge is 2.41. The Balaban J connectivity index is 1.61. The van der Waals surface area contributed by atoms with Crippen molar-refractivity contribution in [3.05, 3.63) is 42.6 Å². The van der Waals surface area contributed by atoms with E-state index in [0.29, 0.717) is 10.3 Å². The Morgan fingerprint density at radius 2 is 1.67 bits per heavy atom. The summed E-state index contributed by atoms with van der Waals surface area (Å²) in [6.07, 6.45) is -2.76. The molecule has 1 saturated heterocycles. The molecule has 4 rings (SSSR count). The van der Waals surface area contributed by atoms with Crippen molar-refractivity contribution in [1.29, 1.82) is 0 Å². The number of pyridine rings is 1. The average molecular weight is 654 g/mol. The molecule has 0 spiro atoms. The van der Waals surface area contributed by atoms with Crippen molar-refractivity contribution in [2.45, 2.75) is 77.8 Å². The van der Waals surface area contributed by atoms with Crippen LogP contribution in [-0.4, -0.2) is 76.7 Å². The van der Waals surface area contributed by atoms with Gasteiger partial charge >= 0.3 is 18.4 Å². The lowest BCUT2D eigenvalue weighted by molar-refractivity contribution is -0.185. The summed E-state index contributed by atoms with van der Waals surface area (Å²) in [5.41, 5.74) is -0.899. The lowest BCUT2D eigenvalue weighted by atomic mass is 9.96. The van der Waals surface area contributed by atoms with E-state index in [0.717, 1.165) is 10.9 Å². The molecule has 3 heterocycles. The number of ether oxygens (including phenoxy) is 2. The highest BCUT2D eigenvalue weighted by molar-refractivity contribution is 7.19. The molecule has 1 aliphatic rings. The number of rotatable bonds is 7. The van der Waals surface area contributed by atoms with Gasteiger partial charge in [-0.2, -0.15) is 17.6 Å². The molecule has 1 atom stereocenters. The summed E-state index contributed by atoms with van der Waals surface area (Å²) in [5, 5.41) is 4.50. The number of piperidine rings is 1.